The van der Waals surface area contributed by atoms with Crippen LogP contribution in [-0.4, -0.2) is 0 Å². The first-order valence-electron chi connectivity index (χ1n) is 10.3. The molecule has 4 heteroatoms. The molecule has 1 fully saturated rings. The molecule has 0 amide bonds. The third-order valence-corrected chi connectivity index (χ3v) is 5.67. The molecule has 2 nitrogen and oxygen atoms in total. The van der Waals surface area contributed by atoms with E-state index in [1.165, 1.54) is 49.2 Å². The maximum absolute atomic E-state index is 14.5. The molecular formula is C25H27F2NO. The van der Waals surface area contributed by atoms with Gasteiger partial charge in [0.25, 0.3) is 0 Å². The molecule has 1 aliphatic carbocycles. The van der Waals surface area contributed by atoms with E-state index in [2.05, 4.69) is 19.1 Å². The number of halogens is 2. The van der Waals surface area contributed by atoms with Gasteiger partial charge in [-0.2, -0.15) is 14.0 Å². The van der Waals surface area contributed by atoms with Gasteiger partial charge in [-0.05, 0) is 92.3 Å². The van der Waals surface area contributed by atoms with Crippen molar-refractivity contribution in [1.29, 1.82) is 5.26 Å². The highest BCUT2D eigenvalue weighted by atomic mass is 19.3. The van der Waals surface area contributed by atoms with Crippen molar-refractivity contribution in [3.8, 4) is 11.8 Å². The number of ether oxygens (including phenoxy) is 1. The summed E-state index contributed by atoms with van der Waals surface area (Å²) in [6.45, 7) is 2.15. The van der Waals surface area contributed by atoms with Crippen LogP contribution in [0.4, 0.5) is 8.78 Å². The average molecular weight is 395 g/mol. The summed E-state index contributed by atoms with van der Waals surface area (Å²) in [6, 6.07) is 14.2. The van der Waals surface area contributed by atoms with Crippen LogP contribution in [0.15, 0.2) is 60.7 Å². The van der Waals surface area contributed by atoms with Crippen LogP contribution in [0, 0.1) is 17.2 Å². The first kappa shape index (κ1) is 21.0. The zero-order chi connectivity index (χ0) is 20.7. The van der Waals surface area contributed by atoms with E-state index in [0.717, 1.165) is 37.2 Å². The Morgan fingerprint density at radius 1 is 1.00 bits per heavy atom. The van der Waals surface area contributed by atoms with E-state index < -0.39 is 6.11 Å². The molecule has 0 spiro atoms. The third kappa shape index (κ3) is 5.67. The minimum Gasteiger partial charge on any atom is -0.429 e. The van der Waals surface area contributed by atoms with Crippen molar-refractivity contribution >= 4 is 0 Å². The number of rotatable bonds is 7. The number of alkyl halides is 2. The van der Waals surface area contributed by atoms with Crippen LogP contribution in [-0.2, 0) is 6.11 Å². The van der Waals surface area contributed by atoms with E-state index >= 15 is 0 Å². The molecule has 0 bridgehead atoms. The molecule has 2 aromatic carbocycles. The van der Waals surface area contributed by atoms with Gasteiger partial charge in [-0.15, -0.1) is 0 Å². The van der Waals surface area contributed by atoms with Crippen molar-refractivity contribution in [2.75, 3.05) is 0 Å². The summed E-state index contributed by atoms with van der Waals surface area (Å²) in [7, 11) is 0. The van der Waals surface area contributed by atoms with E-state index in [9.17, 15) is 8.78 Å². The second kappa shape index (κ2) is 9.69. The number of allylic oxidation sites excluding steroid dienone is 2. The Kier molecular flexibility index (Phi) is 7.04. The van der Waals surface area contributed by atoms with Crippen molar-refractivity contribution in [2.45, 2.75) is 57.5 Å². The molecule has 0 radical (unpaired) electrons. The zero-order valence-corrected chi connectivity index (χ0v) is 16.8. The molecule has 0 heterocycles. The largest absolute Gasteiger partial charge is 0.429 e. The maximum Gasteiger partial charge on any atom is 0.426 e. The van der Waals surface area contributed by atoms with Gasteiger partial charge in [-0.3, -0.25) is 0 Å². The molecule has 0 unspecified atom stereocenters. The maximum atomic E-state index is 14.5. The number of hydrogen-bond acceptors (Lipinski definition) is 2. The molecule has 0 N–H and O–H groups in total. The highest BCUT2D eigenvalue weighted by Gasteiger charge is 2.34. The standard InChI is InChI=1S/C25H27F2NO/c1-2-3-4-5-19-6-10-21(11-7-19)22-12-14-23(15-13-22)25(26,27)29-24-16-8-20(18-28)9-17-24/h3-4,8-9,12-17,19,21H,2,5-7,10-11H2,1H3/b4-3-/t19-,21-. The fourth-order valence-corrected chi connectivity index (χ4v) is 3.94. The Labute approximate surface area is 171 Å². The van der Waals surface area contributed by atoms with Gasteiger partial charge in [0.15, 0.2) is 0 Å². The van der Waals surface area contributed by atoms with Gasteiger partial charge in [0.1, 0.15) is 5.75 Å². The molecule has 0 aromatic heterocycles. The van der Waals surface area contributed by atoms with Gasteiger partial charge in [-0.25, -0.2) is 0 Å². The summed E-state index contributed by atoms with van der Waals surface area (Å²) in [5.74, 6) is 1.23. The lowest BCUT2D eigenvalue weighted by Gasteiger charge is -2.28. The van der Waals surface area contributed by atoms with E-state index in [0.29, 0.717) is 11.5 Å². The lowest BCUT2D eigenvalue weighted by atomic mass is 9.77. The van der Waals surface area contributed by atoms with Crippen LogP contribution in [0.2, 0.25) is 0 Å². The van der Waals surface area contributed by atoms with E-state index in [1.807, 2.05) is 18.2 Å². The number of hydrogen-bond donors (Lipinski definition) is 0. The molecule has 0 atom stereocenters. The van der Waals surface area contributed by atoms with Crippen molar-refractivity contribution in [1.82, 2.24) is 0 Å². The van der Waals surface area contributed by atoms with Crippen molar-refractivity contribution in [2.24, 2.45) is 5.92 Å². The summed E-state index contributed by atoms with van der Waals surface area (Å²) < 4.78 is 33.9. The molecule has 1 aliphatic rings. The predicted molar refractivity (Wildman–Crippen MR) is 111 cm³/mol. The van der Waals surface area contributed by atoms with Crippen LogP contribution in [0.3, 0.4) is 0 Å². The summed E-state index contributed by atoms with van der Waals surface area (Å²) in [5.41, 5.74) is 1.37. The smallest absolute Gasteiger partial charge is 0.426 e. The first-order chi connectivity index (χ1) is 14.0. The SMILES string of the molecule is CC/C=C\C[C@H]1CC[C@H](c2ccc(C(F)(F)Oc3ccc(C#N)cc3)cc2)CC1. The Morgan fingerprint density at radius 3 is 2.24 bits per heavy atom. The monoisotopic (exact) mass is 395 g/mol. The summed E-state index contributed by atoms with van der Waals surface area (Å²) in [5, 5.41) is 8.79. The van der Waals surface area contributed by atoms with E-state index in [-0.39, 0.29) is 11.3 Å². The molecule has 2 aromatic rings. The highest BCUT2D eigenvalue weighted by molar-refractivity contribution is 5.35. The lowest BCUT2D eigenvalue weighted by Crippen LogP contribution is -2.22. The average Bonchev–Trinajstić information content (AvgIpc) is 2.75. The van der Waals surface area contributed by atoms with Gasteiger partial charge in [0.05, 0.1) is 17.2 Å². The quantitative estimate of drug-likeness (QED) is 0.460. The van der Waals surface area contributed by atoms with Gasteiger partial charge < -0.3 is 4.74 Å². The first-order valence-corrected chi connectivity index (χ1v) is 10.3. The van der Waals surface area contributed by atoms with Crippen molar-refractivity contribution in [3.63, 3.8) is 0 Å². The van der Waals surface area contributed by atoms with Crippen molar-refractivity contribution < 1.29 is 13.5 Å². The van der Waals surface area contributed by atoms with Crippen LogP contribution in [0.5, 0.6) is 5.75 Å². The third-order valence-electron chi connectivity index (χ3n) is 5.67. The van der Waals surface area contributed by atoms with Gasteiger partial charge in [-0.1, -0.05) is 31.2 Å². The van der Waals surface area contributed by atoms with E-state index in [4.69, 9.17) is 10.00 Å². The molecular weight excluding hydrogens is 368 g/mol. The fraction of sp³-hybridized carbons (Fsp3) is 0.400. The minimum absolute atomic E-state index is 0.0357. The molecule has 1 saturated carbocycles. The van der Waals surface area contributed by atoms with Gasteiger partial charge >= 0.3 is 6.11 Å². The number of benzene rings is 2. The number of nitrogens with zero attached hydrogens (tertiary/aromatic N) is 1. The summed E-state index contributed by atoms with van der Waals surface area (Å²) in [6.07, 6.45) is 7.94. The zero-order valence-electron chi connectivity index (χ0n) is 16.8. The van der Waals surface area contributed by atoms with Crippen LogP contribution >= 0.6 is 0 Å². The summed E-state index contributed by atoms with van der Waals surface area (Å²) >= 11 is 0. The normalized spacial score (nSPS) is 19.8. The molecule has 0 saturated heterocycles. The summed E-state index contributed by atoms with van der Waals surface area (Å²) in [4.78, 5) is 0. The highest BCUT2D eigenvalue weighted by Crippen LogP contribution is 2.38. The molecule has 152 valence electrons. The topological polar surface area (TPSA) is 33.0 Å². The predicted octanol–water partition coefficient (Wildman–Crippen LogP) is 7.32. The molecule has 0 aliphatic heterocycles. The minimum atomic E-state index is -3.42. The van der Waals surface area contributed by atoms with E-state index in [1.54, 1.807) is 0 Å². The van der Waals surface area contributed by atoms with Crippen LogP contribution < -0.4 is 4.74 Å². The molecule has 3 rings (SSSR count). The molecule has 29 heavy (non-hydrogen) atoms. The van der Waals surface area contributed by atoms with Gasteiger partial charge in [0, 0.05) is 0 Å². The van der Waals surface area contributed by atoms with Gasteiger partial charge in [0.2, 0.25) is 0 Å². The van der Waals surface area contributed by atoms with Crippen LogP contribution in [0.1, 0.15) is 68.1 Å². The Balaban J connectivity index is 1.59. The second-order valence-electron chi connectivity index (χ2n) is 7.71. The fourth-order valence-electron chi connectivity index (χ4n) is 3.94. The Bertz CT molecular complexity index is 842. The van der Waals surface area contributed by atoms with Crippen molar-refractivity contribution in [3.05, 3.63) is 77.4 Å². The Hall–Kier alpha value is -2.67. The number of nitriles is 1. The lowest BCUT2D eigenvalue weighted by molar-refractivity contribution is -0.185. The second-order valence-corrected chi connectivity index (χ2v) is 7.71. The Morgan fingerprint density at radius 2 is 1.66 bits per heavy atom. The van der Waals surface area contributed by atoms with Crippen LogP contribution in [0.25, 0.3) is 0 Å².